The first-order valence-electron chi connectivity index (χ1n) is 8.12. The lowest BCUT2D eigenvalue weighted by atomic mass is 9.91. The van der Waals surface area contributed by atoms with E-state index in [1.807, 2.05) is 0 Å². The smallest absolute Gasteiger partial charge is 0.106 e. The van der Waals surface area contributed by atoms with E-state index in [2.05, 4.69) is 49.1 Å². The van der Waals surface area contributed by atoms with Crippen molar-refractivity contribution in [3.8, 4) is 6.07 Å². The summed E-state index contributed by atoms with van der Waals surface area (Å²) in [6, 6.07) is 3.22. The Balaban J connectivity index is 2.33. The van der Waals surface area contributed by atoms with Crippen molar-refractivity contribution >= 4 is 0 Å². The van der Waals surface area contributed by atoms with Crippen LogP contribution in [-0.4, -0.2) is 61.7 Å². The highest BCUT2D eigenvalue weighted by Crippen LogP contribution is 2.19. The van der Waals surface area contributed by atoms with Gasteiger partial charge in [0.1, 0.15) is 5.54 Å². The van der Waals surface area contributed by atoms with Crippen molar-refractivity contribution < 1.29 is 0 Å². The van der Waals surface area contributed by atoms with E-state index in [4.69, 9.17) is 0 Å². The molecule has 4 heteroatoms. The molecule has 0 aromatic rings. The third kappa shape index (κ3) is 5.05. The summed E-state index contributed by atoms with van der Waals surface area (Å²) < 4.78 is 0. The molecule has 116 valence electrons. The summed E-state index contributed by atoms with van der Waals surface area (Å²) in [4.78, 5) is 4.87. The molecule has 0 saturated carbocycles. The lowest BCUT2D eigenvalue weighted by Gasteiger charge is -2.27. The highest BCUT2D eigenvalue weighted by molar-refractivity contribution is 5.06. The van der Waals surface area contributed by atoms with E-state index in [0.717, 1.165) is 38.8 Å². The summed E-state index contributed by atoms with van der Waals surface area (Å²) in [5.41, 5.74) is -0.309. The number of likely N-dealkylation sites (tertiary alicyclic amines) is 1. The Morgan fingerprint density at radius 3 is 2.65 bits per heavy atom. The largest absolute Gasteiger partial charge is 0.305 e. The van der Waals surface area contributed by atoms with Gasteiger partial charge in [-0.15, -0.1) is 0 Å². The molecule has 0 aromatic carbocycles. The molecule has 1 aliphatic rings. The molecule has 0 amide bonds. The van der Waals surface area contributed by atoms with Crippen LogP contribution in [0.5, 0.6) is 0 Å². The van der Waals surface area contributed by atoms with Gasteiger partial charge in [0.25, 0.3) is 0 Å². The summed E-state index contributed by atoms with van der Waals surface area (Å²) in [6.45, 7) is 8.72. The van der Waals surface area contributed by atoms with Crippen LogP contribution in [0.1, 0.15) is 46.0 Å². The molecule has 4 nitrogen and oxygen atoms in total. The molecule has 1 fully saturated rings. The van der Waals surface area contributed by atoms with Gasteiger partial charge < -0.3 is 9.80 Å². The fourth-order valence-corrected chi connectivity index (χ4v) is 2.97. The van der Waals surface area contributed by atoms with E-state index in [0.29, 0.717) is 6.04 Å². The van der Waals surface area contributed by atoms with Crippen LogP contribution in [0.25, 0.3) is 0 Å². The van der Waals surface area contributed by atoms with E-state index in [1.165, 1.54) is 19.5 Å². The second-order valence-electron chi connectivity index (χ2n) is 6.28. The molecule has 0 aromatic heterocycles. The Morgan fingerprint density at radius 1 is 1.40 bits per heavy atom. The average Bonchev–Trinajstić information content (AvgIpc) is 2.92. The Kier molecular flexibility index (Phi) is 7.50. The molecular weight excluding hydrogens is 248 g/mol. The van der Waals surface area contributed by atoms with Crippen LogP contribution in [0.3, 0.4) is 0 Å². The third-order valence-electron chi connectivity index (χ3n) is 4.59. The zero-order valence-corrected chi connectivity index (χ0v) is 13.8. The highest BCUT2D eigenvalue weighted by Gasteiger charge is 2.28. The minimum absolute atomic E-state index is 0.309. The standard InChI is InChI=1S/C16H32N4/c1-5-10-18-16(6-2,14-17)9-7-11-20-12-8-15(13-20)19(3)4/h15,18H,5-13H2,1-4H3. The summed E-state index contributed by atoms with van der Waals surface area (Å²) in [7, 11) is 4.33. The Hall–Kier alpha value is -0.630. The van der Waals surface area contributed by atoms with E-state index in [-0.39, 0.29) is 5.54 Å². The first-order chi connectivity index (χ1) is 9.56. The van der Waals surface area contributed by atoms with Crippen LogP contribution in [0.15, 0.2) is 0 Å². The lowest BCUT2D eigenvalue weighted by Crippen LogP contribution is -2.44. The lowest BCUT2D eigenvalue weighted by molar-refractivity contribution is 0.257. The van der Waals surface area contributed by atoms with Gasteiger partial charge in [-0.1, -0.05) is 13.8 Å². The van der Waals surface area contributed by atoms with Crippen molar-refractivity contribution in [3.63, 3.8) is 0 Å². The first-order valence-corrected chi connectivity index (χ1v) is 8.12. The van der Waals surface area contributed by atoms with Crippen LogP contribution in [0, 0.1) is 11.3 Å². The number of nitrogens with zero attached hydrogens (tertiary/aromatic N) is 3. The number of nitrogens with one attached hydrogen (secondary N) is 1. The maximum Gasteiger partial charge on any atom is 0.106 e. The molecule has 1 heterocycles. The Labute approximate surface area is 125 Å². The fraction of sp³-hybridized carbons (Fsp3) is 0.938. The Bertz CT molecular complexity index is 310. The fourth-order valence-electron chi connectivity index (χ4n) is 2.97. The van der Waals surface area contributed by atoms with Gasteiger partial charge in [0.15, 0.2) is 0 Å². The van der Waals surface area contributed by atoms with Crippen molar-refractivity contribution in [2.75, 3.05) is 40.3 Å². The van der Waals surface area contributed by atoms with Crippen molar-refractivity contribution in [3.05, 3.63) is 0 Å². The molecule has 20 heavy (non-hydrogen) atoms. The van der Waals surface area contributed by atoms with Crippen LogP contribution in [0.4, 0.5) is 0 Å². The average molecular weight is 280 g/mol. The van der Waals surface area contributed by atoms with Gasteiger partial charge in [-0.3, -0.25) is 5.32 Å². The maximum absolute atomic E-state index is 9.48. The Morgan fingerprint density at radius 2 is 2.15 bits per heavy atom. The molecule has 0 spiro atoms. The molecule has 0 bridgehead atoms. The number of likely N-dealkylation sites (N-methyl/N-ethyl adjacent to an activating group) is 1. The van der Waals surface area contributed by atoms with Crippen molar-refractivity contribution in [2.24, 2.45) is 0 Å². The number of rotatable bonds is 9. The predicted octanol–water partition coefficient (Wildman–Crippen LogP) is 2.07. The van der Waals surface area contributed by atoms with Gasteiger partial charge in [-0.2, -0.15) is 5.26 Å². The molecule has 0 radical (unpaired) electrons. The quantitative estimate of drug-likeness (QED) is 0.702. The molecule has 1 saturated heterocycles. The van der Waals surface area contributed by atoms with Gasteiger partial charge in [-0.05, 0) is 65.8 Å². The van der Waals surface area contributed by atoms with Gasteiger partial charge in [-0.25, -0.2) is 0 Å². The van der Waals surface area contributed by atoms with Crippen LogP contribution in [-0.2, 0) is 0 Å². The summed E-state index contributed by atoms with van der Waals surface area (Å²) in [6.07, 6.45) is 5.32. The van der Waals surface area contributed by atoms with Gasteiger partial charge >= 0.3 is 0 Å². The van der Waals surface area contributed by atoms with Gasteiger partial charge in [0, 0.05) is 12.6 Å². The minimum atomic E-state index is -0.309. The van der Waals surface area contributed by atoms with Crippen molar-refractivity contribution in [1.82, 2.24) is 15.1 Å². The van der Waals surface area contributed by atoms with Crippen LogP contribution in [0.2, 0.25) is 0 Å². The SMILES string of the molecule is CCCNC(C#N)(CC)CCCN1CCC(N(C)C)C1. The minimum Gasteiger partial charge on any atom is -0.305 e. The molecule has 2 atom stereocenters. The predicted molar refractivity (Wildman–Crippen MR) is 84.7 cm³/mol. The van der Waals surface area contributed by atoms with E-state index < -0.39 is 0 Å². The third-order valence-corrected chi connectivity index (χ3v) is 4.59. The molecule has 2 unspecified atom stereocenters. The van der Waals surface area contributed by atoms with Crippen molar-refractivity contribution in [1.29, 1.82) is 5.26 Å². The highest BCUT2D eigenvalue weighted by atomic mass is 15.2. The number of hydrogen-bond donors (Lipinski definition) is 1. The van der Waals surface area contributed by atoms with Crippen LogP contribution >= 0.6 is 0 Å². The summed E-state index contributed by atoms with van der Waals surface area (Å²) >= 11 is 0. The van der Waals surface area contributed by atoms with E-state index in [9.17, 15) is 5.26 Å². The molecular formula is C16H32N4. The first kappa shape index (κ1) is 17.4. The topological polar surface area (TPSA) is 42.3 Å². The monoisotopic (exact) mass is 280 g/mol. The second-order valence-corrected chi connectivity index (χ2v) is 6.28. The maximum atomic E-state index is 9.48. The van der Waals surface area contributed by atoms with Crippen molar-refractivity contribution in [2.45, 2.75) is 57.5 Å². The van der Waals surface area contributed by atoms with E-state index in [1.54, 1.807) is 0 Å². The van der Waals surface area contributed by atoms with Gasteiger partial charge in [0.05, 0.1) is 6.07 Å². The van der Waals surface area contributed by atoms with E-state index >= 15 is 0 Å². The van der Waals surface area contributed by atoms with Crippen LogP contribution < -0.4 is 5.32 Å². The summed E-state index contributed by atoms with van der Waals surface area (Å²) in [5, 5.41) is 12.9. The summed E-state index contributed by atoms with van der Waals surface area (Å²) in [5.74, 6) is 0. The molecule has 1 rings (SSSR count). The van der Waals surface area contributed by atoms with Gasteiger partial charge in [0.2, 0.25) is 0 Å². The molecule has 0 aliphatic carbocycles. The zero-order valence-electron chi connectivity index (χ0n) is 13.8. The molecule has 1 N–H and O–H groups in total. The number of nitriles is 1. The zero-order chi connectivity index (χ0) is 15.0. The number of hydrogen-bond acceptors (Lipinski definition) is 4. The molecule has 1 aliphatic heterocycles. The second kappa shape index (κ2) is 8.61. The normalized spacial score (nSPS) is 22.9.